The van der Waals surface area contributed by atoms with Crippen molar-refractivity contribution in [3.05, 3.63) is 25.7 Å². The summed E-state index contributed by atoms with van der Waals surface area (Å²) in [6.07, 6.45) is 1.02. The molecule has 0 aliphatic rings. The number of anilines is 2. The van der Waals surface area contributed by atoms with Crippen molar-refractivity contribution in [1.82, 2.24) is 10.3 Å². The zero-order valence-electron chi connectivity index (χ0n) is 11.9. The SMILES string of the molecule is CCCN(C)c1nc(N)c(C(=O)NCc2cc(Br)cs2)s1. The number of nitrogen functional groups attached to an aromatic ring is 1. The summed E-state index contributed by atoms with van der Waals surface area (Å²) in [5, 5.41) is 5.64. The molecule has 0 bridgehead atoms. The van der Waals surface area contributed by atoms with E-state index in [4.69, 9.17) is 5.73 Å². The predicted molar refractivity (Wildman–Crippen MR) is 93.3 cm³/mol. The van der Waals surface area contributed by atoms with Gasteiger partial charge in [0.25, 0.3) is 5.91 Å². The number of nitrogens with two attached hydrogens (primary N) is 1. The Bertz CT molecular complexity index is 625. The fourth-order valence-electron chi connectivity index (χ4n) is 1.77. The second kappa shape index (κ2) is 7.24. The molecule has 0 atom stereocenters. The van der Waals surface area contributed by atoms with E-state index in [0.717, 1.165) is 27.4 Å². The van der Waals surface area contributed by atoms with Crippen LogP contribution in [-0.4, -0.2) is 24.5 Å². The molecule has 0 saturated carbocycles. The first-order valence-electron chi connectivity index (χ1n) is 6.49. The molecule has 2 aromatic heterocycles. The Hall–Kier alpha value is -1.12. The molecule has 5 nitrogen and oxygen atoms in total. The second-order valence-corrected chi connectivity index (χ2v) is 7.44. The summed E-state index contributed by atoms with van der Waals surface area (Å²) in [7, 11) is 1.95. The van der Waals surface area contributed by atoms with Gasteiger partial charge in [-0.15, -0.1) is 11.3 Å². The van der Waals surface area contributed by atoms with E-state index in [-0.39, 0.29) is 5.91 Å². The van der Waals surface area contributed by atoms with E-state index in [1.165, 1.54) is 11.3 Å². The number of halogens is 1. The Morgan fingerprint density at radius 3 is 2.95 bits per heavy atom. The van der Waals surface area contributed by atoms with Crippen molar-refractivity contribution in [1.29, 1.82) is 0 Å². The molecule has 114 valence electrons. The highest BCUT2D eigenvalue weighted by molar-refractivity contribution is 9.10. The Balaban J connectivity index is 2.02. The van der Waals surface area contributed by atoms with E-state index in [2.05, 4.69) is 33.2 Å². The van der Waals surface area contributed by atoms with Gasteiger partial charge < -0.3 is 16.0 Å². The number of rotatable bonds is 6. The Morgan fingerprint density at radius 2 is 2.33 bits per heavy atom. The first kappa shape index (κ1) is 16.3. The summed E-state index contributed by atoms with van der Waals surface area (Å²) < 4.78 is 1.03. The van der Waals surface area contributed by atoms with Gasteiger partial charge in [-0.1, -0.05) is 18.3 Å². The van der Waals surface area contributed by atoms with Crippen molar-refractivity contribution in [2.45, 2.75) is 19.9 Å². The van der Waals surface area contributed by atoms with E-state index < -0.39 is 0 Å². The topological polar surface area (TPSA) is 71.2 Å². The third-order valence-corrected chi connectivity index (χ3v) is 5.66. The maximum atomic E-state index is 12.2. The minimum absolute atomic E-state index is 0.175. The minimum Gasteiger partial charge on any atom is -0.382 e. The van der Waals surface area contributed by atoms with Gasteiger partial charge >= 0.3 is 0 Å². The van der Waals surface area contributed by atoms with Crippen LogP contribution in [0.2, 0.25) is 0 Å². The van der Waals surface area contributed by atoms with E-state index in [0.29, 0.717) is 17.2 Å². The van der Waals surface area contributed by atoms with Crippen molar-refractivity contribution in [3.63, 3.8) is 0 Å². The molecule has 0 saturated heterocycles. The van der Waals surface area contributed by atoms with Crippen LogP contribution in [0.1, 0.15) is 27.9 Å². The van der Waals surface area contributed by atoms with Gasteiger partial charge in [-0.2, -0.15) is 0 Å². The largest absolute Gasteiger partial charge is 0.382 e. The minimum atomic E-state index is -0.175. The van der Waals surface area contributed by atoms with Gasteiger partial charge in [-0.05, 0) is 28.4 Å². The molecule has 1 amide bonds. The molecule has 0 unspecified atom stereocenters. The number of thiazole rings is 1. The molecule has 0 radical (unpaired) electrons. The van der Waals surface area contributed by atoms with Crippen LogP contribution < -0.4 is 16.0 Å². The molecule has 2 heterocycles. The summed E-state index contributed by atoms with van der Waals surface area (Å²) >= 11 is 6.32. The van der Waals surface area contributed by atoms with Crippen LogP contribution in [0, 0.1) is 0 Å². The quantitative estimate of drug-likeness (QED) is 0.795. The lowest BCUT2D eigenvalue weighted by Crippen LogP contribution is -2.22. The first-order valence-corrected chi connectivity index (χ1v) is 8.98. The fourth-order valence-corrected chi connectivity index (χ4v) is 4.05. The summed E-state index contributed by atoms with van der Waals surface area (Å²) in [5.41, 5.74) is 5.86. The Morgan fingerprint density at radius 1 is 1.57 bits per heavy atom. The lowest BCUT2D eigenvalue weighted by molar-refractivity contribution is 0.0956. The second-order valence-electron chi connectivity index (χ2n) is 4.55. The zero-order chi connectivity index (χ0) is 15.4. The Labute approximate surface area is 140 Å². The van der Waals surface area contributed by atoms with Gasteiger partial charge in [-0.3, -0.25) is 4.79 Å². The van der Waals surface area contributed by atoms with Crippen molar-refractivity contribution in [3.8, 4) is 0 Å². The average molecular weight is 389 g/mol. The molecular weight excluding hydrogens is 372 g/mol. The molecule has 0 spiro atoms. The number of thiophene rings is 1. The summed E-state index contributed by atoms with van der Waals surface area (Å²) in [6, 6.07) is 1.99. The molecule has 0 aromatic carbocycles. The third-order valence-electron chi connectivity index (χ3n) is 2.78. The maximum Gasteiger partial charge on any atom is 0.265 e. The summed E-state index contributed by atoms with van der Waals surface area (Å²) in [5.74, 6) is 0.119. The van der Waals surface area contributed by atoms with Gasteiger partial charge in [0, 0.05) is 28.3 Å². The van der Waals surface area contributed by atoms with E-state index >= 15 is 0 Å². The average Bonchev–Trinajstić information content (AvgIpc) is 3.02. The van der Waals surface area contributed by atoms with Crippen molar-refractivity contribution >= 4 is 55.5 Å². The summed E-state index contributed by atoms with van der Waals surface area (Å²) in [6.45, 7) is 3.48. The van der Waals surface area contributed by atoms with Gasteiger partial charge in [0.05, 0.1) is 6.54 Å². The van der Waals surface area contributed by atoms with Gasteiger partial charge in [0.1, 0.15) is 10.7 Å². The molecular formula is C13H17BrN4OS2. The highest BCUT2D eigenvalue weighted by Crippen LogP contribution is 2.27. The van der Waals surface area contributed by atoms with Crippen molar-refractivity contribution < 1.29 is 4.79 Å². The van der Waals surface area contributed by atoms with Crippen LogP contribution in [0.3, 0.4) is 0 Å². The van der Waals surface area contributed by atoms with Crippen LogP contribution >= 0.6 is 38.6 Å². The smallest absolute Gasteiger partial charge is 0.265 e. The van der Waals surface area contributed by atoms with Gasteiger partial charge in [0.2, 0.25) is 0 Å². The number of aromatic nitrogens is 1. The third kappa shape index (κ3) is 4.18. The normalized spacial score (nSPS) is 10.6. The maximum absolute atomic E-state index is 12.2. The Kier molecular flexibility index (Phi) is 5.60. The number of nitrogens with zero attached hydrogens (tertiary/aromatic N) is 2. The molecule has 8 heteroatoms. The molecule has 0 aliphatic carbocycles. The lowest BCUT2D eigenvalue weighted by atomic mass is 10.4. The number of hydrogen-bond donors (Lipinski definition) is 2. The number of nitrogens with one attached hydrogen (secondary N) is 1. The summed E-state index contributed by atoms with van der Waals surface area (Å²) in [4.78, 5) is 20.0. The predicted octanol–water partition coefficient (Wildman–Crippen LogP) is 3.33. The number of amides is 1. The van der Waals surface area contributed by atoms with Crippen LogP contribution in [0.4, 0.5) is 10.9 Å². The lowest BCUT2D eigenvalue weighted by Gasteiger charge is -2.13. The van der Waals surface area contributed by atoms with Crippen LogP contribution in [0.25, 0.3) is 0 Å². The highest BCUT2D eigenvalue weighted by Gasteiger charge is 2.17. The number of hydrogen-bond acceptors (Lipinski definition) is 6. The molecule has 0 aliphatic heterocycles. The van der Waals surface area contributed by atoms with E-state index in [9.17, 15) is 4.79 Å². The monoisotopic (exact) mass is 388 g/mol. The van der Waals surface area contributed by atoms with Gasteiger partial charge in [0.15, 0.2) is 5.13 Å². The molecule has 21 heavy (non-hydrogen) atoms. The van der Waals surface area contributed by atoms with Crippen molar-refractivity contribution in [2.24, 2.45) is 0 Å². The van der Waals surface area contributed by atoms with E-state index in [1.54, 1.807) is 11.3 Å². The van der Waals surface area contributed by atoms with Crippen LogP contribution in [-0.2, 0) is 6.54 Å². The molecule has 0 fully saturated rings. The van der Waals surface area contributed by atoms with Crippen molar-refractivity contribution in [2.75, 3.05) is 24.2 Å². The molecule has 2 rings (SSSR count). The zero-order valence-corrected chi connectivity index (χ0v) is 15.1. The number of carbonyl (C=O) groups is 1. The highest BCUT2D eigenvalue weighted by atomic mass is 79.9. The standard InChI is InChI=1S/C13H17BrN4OS2/c1-3-4-18(2)13-17-11(15)10(21-13)12(19)16-6-9-5-8(14)7-20-9/h5,7H,3-4,6,15H2,1-2H3,(H,16,19). The fraction of sp³-hybridized carbons (Fsp3) is 0.385. The molecule has 2 aromatic rings. The van der Waals surface area contributed by atoms with Crippen LogP contribution in [0.5, 0.6) is 0 Å². The molecule has 3 N–H and O–H groups in total. The number of carbonyl (C=O) groups excluding carboxylic acids is 1. The first-order chi connectivity index (χ1) is 10.0. The van der Waals surface area contributed by atoms with Gasteiger partial charge in [-0.25, -0.2) is 4.98 Å². The van der Waals surface area contributed by atoms with E-state index in [1.807, 2.05) is 23.4 Å². The van der Waals surface area contributed by atoms with Crippen LogP contribution in [0.15, 0.2) is 15.9 Å².